The molecule has 1 saturated heterocycles. The highest BCUT2D eigenvalue weighted by molar-refractivity contribution is 6.31. The number of piperazine rings is 1. The molecule has 0 aliphatic carbocycles. The van der Waals surface area contributed by atoms with Crippen LogP contribution in [0.4, 0.5) is 24.7 Å². The SMILES string of the molecule is Cc1cc(NC(=O)CN2CCN(CC(=O)Nc3ccc(Cl)c(C(F)(F)F)c3)CC2)on1. The maximum absolute atomic E-state index is 12.9. The molecule has 0 saturated carbocycles. The minimum absolute atomic E-state index is 0.0275. The van der Waals surface area contributed by atoms with Crippen molar-refractivity contribution in [3.05, 3.63) is 40.5 Å². The fraction of sp³-hybridized carbons (Fsp3) is 0.421. The van der Waals surface area contributed by atoms with Crippen molar-refractivity contribution in [3.8, 4) is 0 Å². The Kier molecular flexibility index (Phi) is 7.19. The minimum atomic E-state index is -4.60. The third-order valence-electron chi connectivity index (χ3n) is 4.65. The molecule has 1 aromatic heterocycles. The summed E-state index contributed by atoms with van der Waals surface area (Å²) >= 11 is 5.59. The van der Waals surface area contributed by atoms with E-state index in [2.05, 4.69) is 15.8 Å². The molecule has 31 heavy (non-hydrogen) atoms. The van der Waals surface area contributed by atoms with Gasteiger partial charge >= 0.3 is 6.18 Å². The fourth-order valence-corrected chi connectivity index (χ4v) is 3.36. The molecule has 1 aliphatic heterocycles. The van der Waals surface area contributed by atoms with Gasteiger partial charge in [-0.15, -0.1) is 0 Å². The van der Waals surface area contributed by atoms with Gasteiger partial charge in [-0.25, -0.2) is 0 Å². The second kappa shape index (κ2) is 9.67. The maximum Gasteiger partial charge on any atom is 0.417 e. The van der Waals surface area contributed by atoms with Crippen molar-refractivity contribution in [1.29, 1.82) is 0 Å². The number of halogens is 4. The van der Waals surface area contributed by atoms with E-state index in [1.165, 1.54) is 6.07 Å². The van der Waals surface area contributed by atoms with Crippen LogP contribution in [0.5, 0.6) is 0 Å². The summed E-state index contributed by atoms with van der Waals surface area (Å²) in [5.74, 6) is -0.374. The first-order chi connectivity index (χ1) is 14.6. The van der Waals surface area contributed by atoms with E-state index in [0.29, 0.717) is 31.9 Å². The van der Waals surface area contributed by atoms with Crippen molar-refractivity contribution in [3.63, 3.8) is 0 Å². The molecule has 1 aromatic carbocycles. The van der Waals surface area contributed by atoms with Crippen LogP contribution in [-0.4, -0.2) is 66.0 Å². The highest BCUT2D eigenvalue weighted by Gasteiger charge is 2.33. The minimum Gasteiger partial charge on any atom is -0.338 e. The fourth-order valence-electron chi connectivity index (χ4n) is 3.13. The number of anilines is 2. The van der Waals surface area contributed by atoms with E-state index in [1.807, 2.05) is 9.80 Å². The van der Waals surface area contributed by atoms with Crippen molar-refractivity contribution in [2.45, 2.75) is 13.1 Å². The molecule has 1 aliphatic rings. The summed E-state index contributed by atoms with van der Waals surface area (Å²) in [4.78, 5) is 28.1. The number of carbonyl (C=O) groups is 2. The lowest BCUT2D eigenvalue weighted by Crippen LogP contribution is -2.50. The third-order valence-corrected chi connectivity index (χ3v) is 4.98. The van der Waals surface area contributed by atoms with E-state index < -0.39 is 22.7 Å². The summed E-state index contributed by atoms with van der Waals surface area (Å²) in [5, 5.41) is 8.36. The molecule has 1 fully saturated rings. The number of nitrogens with one attached hydrogen (secondary N) is 2. The number of aryl methyl sites for hydroxylation is 1. The van der Waals surface area contributed by atoms with E-state index in [0.717, 1.165) is 12.1 Å². The second-order valence-electron chi connectivity index (χ2n) is 7.17. The highest BCUT2D eigenvalue weighted by atomic mass is 35.5. The summed E-state index contributed by atoms with van der Waals surface area (Å²) in [6, 6.07) is 4.85. The Morgan fingerprint density at radius 2 is 1.65 bits per heavy atom. The second-order valence-corrected chi connectivity index (χ2v) is 7.58. The Labute approximate surface area is 181 Å². The van der Waals surface area contributed by atoms with Crippen LogP contribution in [0.3, 0.4) is 0 Å². The van der Waals surface area contributed by atoms with Gasteiger partial charge in [-0.05, 0) is 25.1 Å². The molecule has 2 heterocycles. The monoisotopic (exact) mass is 459 g/mol. The quantitative estimate of drug-likeness (QED) is 0.690. The summed E-state index contributed by atoms with van der Waals surface area (Å²) in [7, 11) is 0. The van der Waals surface area contributed by atoms with Crippen molar-refractivity contribution < 1.29 is 27.3 Å². The van der Waals surface area contributed by atoms with Crippen LogP contribution >= 0.6 is 11.6 Å². The van der Waals surface area contributed by atoms with Crippen molar-refractivity contribution in [1.82, 2.24) is 15.0 Å². The molecule has 2 N–H and O–H groups in total. The van der Waals surface area contributed by atoms with Gasteiger partial charge in [0.1, 0.15) is 0 Å². The largest absolute Gasteiger partial charge is 0.417 e. The molecule has 0 unspecified atom stereocenters. The van der Waals surface area contributed by atoms with Crippen LogP contribution in [0, 0.1) is 6.92 Å². The molecule has 12 heteroatoms. The first kappa shape index (κ1) is 23.0. The number of hydrogen-bond donors (Lipinski definition) is 2. The lowest BCUT2D eigenvalue weighted by molar-refractivity contribution is -0.137. The standard InChI is InChI=1S/C19H21ClF3N5O3/c1-12-8-18(31-26-12)25-17(30)11-28-6-4-27(5-7-28)10-16(29)24-13-2-3-15(20)14(9-13)19(21,22)23/h2-3,8-9H,4-7,10-11H2,1H3,(H,24,29)(H,25,30). The van der Waals surface area contributed by atoms with E-state index in [1.54, 1.807) is 13.0 Å². The van der Waals surface area contributed by atoms with Gasteiger partial charge in [0.05, 0.1) is 29.4 Å². The Morgan fingerprint density at radius 3 is 2.16 bits per heavy atom. The zero-order chi connectivity index (χ0) is 22.6. The lowest BCUT2D eigenvalue weighted by atomic mass is 10.2. The highest BCUT2D eigenvalue weighted by Crippen LogP contribution is 2.36. The lowest BCUT2D eigenvalue weighted by Gasteiger charge is -2.33. The van der Waals surface area contributed by atoms with E-state index in [9.17, 15) is 22.8 Å². The molecule has 0 bridgehead atoms. The molecule has 0 atom stereocenters. The third kappa shape index (κ3) is 6.68. The topological polar surface area (TPSA) is 90.7 Å². The van der Waals surface area contributed by atoms with E-state index >= 15 is 0 Å². The van der Waals surface area contributed by atoms with Gasteiger partial charge in [0.2, 0.25) is 17.7 Å². The average Bonchev–Trinajstić information content (AvgIpc) is 3.08. The molecule has 0 spiro atoms. The molecule has 2 aromatic rings. The number of aromatic nitrogens is 1. The van der Waals surface area contributed by atoms with Crippen LogP contribution in [0.1, 0.15) is 11.3 Å². The summed E-state index contributed by atoms with van der Waals surface area (Å²) in [6.07, 6.45) is -4.60. The Hall–Kier alpha value is -2.63. The molecule has 0 radical (unpaired) electrons. The van der Waals surface area contributed by atoms with Gasteiger partial charge in [0.15, 0.2) is 0 Å². The van der Waals surface area contributed by atoms with Crippen LogP contribution in [-0.2, 0) is 15.8 Å². The predicted molar refractivity (Wildman–Crippen MR) is 108 cm³/mol. The van der Waals surface area contributed by atoms with Crippen LogP contribution in [0.2, 0.25) is 5.02 Å². The summed E-state index contributed by atoms with van der Waals surface area (Å²) in [5.41, 5.74) is -0.311. The molecule has 8 nitrogen and oxygen atoms in total. The Balaban J connectivity index is 1.43. The number of hydrogen-bond acceptors (Lipinski definition) is 6. The number of alkyl halides is 3. The normalized spacial score (nSPS) is 15.6. The number of nitrogens with zero attached hydrogens (tertiary/aromatic N) is 3. The van der Waals surface area contributed by atoms with E-state index in [4.69, 9.17) is 16.1 Å². The van der Waals surface area contributed by atoms with Crippen molar-refractivity contribution in [2.24, 2.45) is 0 Å². The molecular formula is C19H21ClF3N5O3. The summed E-state index contributed by atoms with van der Waals surface area (Å²) in [6.45, 7) is 4.15. The Bertz CT molecular complexity index is 942. The maximum atomic E-state index is 12.9. The van der Waals surface area contributed by atoms with Gasteiger partial charge in [0.25, 0.3) is 0 Å². The number of benzene rings is 1. The zero-order valence-electron chi connectivity index (χ0n) is 16.6. The first-order valence-electron chi connectivity index (χ1n) is 9.44. The average molecular weight is 460 g/mol. The predicted octanol–water partition coefficient (Wildman–Crippen LogP) is 2.85. The number of amides is 2. The summed E-state index contributed by atoms with van der Waals surface area (Å²) < 4.78 is 43.8. The van der Waals surface area contributed by atoms with Crippen LogP contribution in [0.25, 0.3) is 0 Å². The first-order valence-corrected chi connectivity index (χ1v) is 9.82. The Morgan fingerprint density at radius 1 is 1.06 bits per heavy atom. The van der Waals surface area contributed by atoms with E-state index in [-0.39, 0.29) is 30.6 Å². The van der Waals surface area contributed by atoms with Crippen molar-refractivity contribution in [2.75, 3.05) is 49.9 Å². The van der Waals surface area contributed by atoms with Gasteiger partial charge in [-0.2, -0.15) is 13.2 Å². The number of rotatable bonds is 6. The molecule has 168 valence electrons. The van der Waals surface area contributed by atoms with Gasteiger partial charge in [-0.3, -0.25) is 24.7 Å². The molecular weight excluding hydrogens is 439 g/mol. The van der Waals surface area contributed by atoms with Crippen LogP contribution in [0.15, 0.2) is 28.8 Å². The van der Waals surface area contributed by atoms with Gasteiger partial charge < -0.3 is 9.84 Å². The smallest absolute Gasteiger partial charge is 0.338 e. The number of carbonyl (C=O) groups excluding carboxylic acids is 2. The zero-order valence-corrected chi connectivity index (χ0v) is 17.4. The van der Waals surface area contributed by atoms with Gasteiger partial charge in [0, 0.05) is 37.9 Å². The van der Waals surface area contributed by atoms with Crippen molar-refractivity contribution >= 4 is 35.0 Å². The molecule has 3 rings (SSSR count). The molecule has 2 amide bonds. The van der Waals surface area contributed by atoms with Gasteiger partial charge in [-0.1, -0.05) is 16.8 Å². The van der Waals surface area contributed by atoms with Crippen LogP contribution < -0.4 is 10.6 Å².